The van der Waals surface area contributed by atoms with E-state index in [2.05, 4.69) is 10.4 Å². The smallest absolute Gasteiger partial charge is 0.359 e. The second-order valence-electron chi connectivity index (χ2n) is 6.74. The van der Waals surface area contributed by atoms with E-state index < -0.39 is 22.4 Å². The van der Waals surface area contributed by atoms with Crippen LogP contribution in [0.4, 0.5) is 10.7 Å². The normalized spacial score (nSPS) is 10.7. The number of nitro benzene ring substituents is 1. The number of aromatic nitrogens is 2. The van der Waals surface area contributed by atoms with Crippen LogP contribution in [0.25, 0.3) is 16.5 Å². The molecule has 0 aliphatic rings. The van der Waals surface area contributed by atoms with Gasteiger partial charge < -0.3 is 10.1 Å². The number of fused-ring (bicyclic) bond motifs is 1. The molecule has 4 aromatic rings. The number of esters is 1. The van der Waals surface area contributed by atoms with E-state index in [9.17, 15) is 24.5 Å². The van der Waals surface area contributed by atoms with E-state index in [1.165, 1.54) is 23.6 Å². The molecule has 0 atom stereocenters. The van der Waals surface area contributed by atoms with Gasteiger partial charge in [0.05, 0.1) is 22.6 Å². The highest BCUT2D eigenvalue weighted by Crippen LogP contribution is 2.31. The number of carbonyl (C=O) groups excluding carboxylic acids is 2. The summed E-state index contributed by atoms with van der Waals surface area (Å²) in [5.74, 6) is -1.34. The first-order chi connectivity index (χ1) is 15.9. The van der Waals surface area contributed by atoms with Crippen molar-refractivity contribution in [3.05, 3.63) is 91.7 Å². The SMILES string of the molecule is CCOC(=O)c1nn(-c2ccccc2)c(=O)c2c(NC(=O)c3cccc([N+](=O)[O-])c3)scc12. The third-order valence-electron chi connectivity index (χ3n) is 4.67. The summed E-state index contributed by atoms with van der Waals surface area (Å²) in [6.07, 6.45) is 0. The van der Waals surface area contributed by atoms with Crippen LogP contribution < -0.4 is 10.9 Å². The summed E-state index contributed by atoms with van der Waals surface area (Å²) in [4.78, 5) is 49.1. The van der Waals surface area contributed by atoms with Crippen LogP contribution in [0.15, 0.2) is 64.8 Å². The van der Waals surface area contributed by atoms with Gasteiger partial charge in [-0.3, -0.25) is 19.7 Å². The molecule has 166 valence electrons. The number of nitrogens with zero attached hydrogens (tertiary/aromatic N) is 3. The van der Waals surface area contributed by atoms with E-state index in [0.29, 0.717) is 5.69 Å². The van der Waals surface area contributed by atoms with Gasteiger partial charge in [-0.1, -0.05) is 24.3 Å². The van der Waals surface area contributed by atoms with Crippen LogP contribution in [0.3, 0.4) is 0 Å². The second kappa shape index (κ2) is 9.01. The number of non-ortho nitro benzene ring substituents is 1. The number of ether oxygens (including phenoxy) is 1. The average Bonchev–Trinajstić information content (AvgIpc) is 3.24. The lowest BCUT2D eigenvalue weighted by Crippen LogP contribution is -2.25. The molecule has 11 heteroatoms. The molecule has 0 radical (unpaired) electrons. The molecule has 2 heterocycles. The Hall–Kier alpha value is -4.38. The van der Waals surface area contributed by atoms with Crippen molar-refractivity contribution in [1.29, 1.82) is 0 Å². The first kappa shape index (κ1) is 21.8. The Morgan fingerprint density at radius 1 is 1.18 bits per heavy atom. The van der Waals surface area contributed by atoms with Gasteiger partial charge in [-0.15, -0.1) is 11.3 Å². The molecule has 0 aliphatic heterocycles. The molecule has 33 heavy (non-hydrogen) atoms. The van der Waals surface area contributed by atoms with E-state index in [4.69, 9.17) is 4.74 Å². The van der Waals surface area contributed by atoms with Crippen LogP contribution in [0.1, 0.15) is 27.8 Å². The van der Waals surface area contributed by atoms with Crippen LogP contribution >= 0.6 is 11.3 Å². The number of thiophene rings is 1. The monoisotopic (exact) mass is 464 g/mol. The van der Waals surface area contributed by atoms with Gasteiger partial charge in [0, 0.05) is 28.5 Å². The summed E-state index contributed by atoms with van der Waals surface area (Å²) in [5, 5.41) is 19.9. The number of carbonyl (C=O) groups is 2. The fraction of sp³-hybridized carbons (Fsp3) is 0.0909. The van der Waals surface area contributed by atoms with E-state index in [1.54, 1.807) is 37.3 Å². The Morgan fingerprint density at radius 2 is 1.94 bits per heavy atom. The van der Waals surface area contributed by atoms with Crippen molar-refractivity contribution < 1.29 is 19.2 Å². The highest BCUT2D eigenvalue weighted by molar-refractivity contribution is 7.16. The highest BCUT2D eigenvalue weighted by atomic mass is 32.1. The lowest BCUT2D eigenvalue weighted by Gasteiger charge is -2.10. The van der Waals surface area contributed by atoms with Crippen molar-refractivity contribution in [2.75, 3.05) is 11.9 Å². The maximum atomic E-state index is 13.3. The molecule has 4 rings (SSSR count). The third-order valence-corrected chi connectivity index (χ3v) is 5.56. The summed E-state index contributed by atoms with van der Waals surface area (Å²) in [6, 6.07) is 13.7. The standard InChI is InChI=1S/C22H16N4O6S/c1-2-32-22(29)18-16-12-33-20(23-19(27)13-7-6-10-15(11-13)26(30)31)17(16)21(28)25(24-18)14-8-4-3-5-9-14/h3-12H,2H2,1H3,(H,23,27). The summed E-state index contributed by atoms with van der Waals surface area (Å²) in [5.41, 5.74) is -0.368. The van der Waals surface area contributed by atoms with Gasteiger partial charge in [-0.05, 0) is 25.1 Å². The molecule has 0 aliphatic carbocycles. The Kier molecular flexibility index (Phi) is 5.96. The van der Waals surface area contributed by atoms with Crippen molar-refractivity contribution in [3.8, 4) is 5.69 Å². The van der Waals surface area contributed by atoms with Crippen molar-refractivity contribution in [1.82, 2.24) is 9.78 Å². The highest BCUT2D eigenvalue weighted by Gasteiger charge is 2.23. The first-order valence-corrected chi connectivity index (χ1v) is 10.6. The topological polar surface area (TPSA) is 133 Å². The number of rotatable bonds is 6. The quantitative estimate of drug-likeness (QED) is 0.261. The molecule has 0 bridgehead atoms. The molecular weight excluding hydrogens is 448 g/mol. The van der Waals surface area contributed by atoms with Gasteiger partial charge in [-0.25, -0.2) is 4.79 Å². The predicted octanol–water partition coefficient (Wildman–Crippen LogP) is 3.78. The van der Waals surface area contributed by atoms with Gasteiger partial charge in [0.15, 0.2) is 5.69 Å². The molecule has 0 spiro atoms. The summed E-state index contributed by atoms with van der Waals surface area (Å²) in [6.45, 7) is 1.77. The van der Waals surface area contributed by atoms with E-state index in [0.717, 1.165) is 22.1 Å². The molecule has 0 saturated heterocycles. The third kappa shape index (κ3) is 4.21. The average molecular weight is 464 g/mol. The van der Waals surface area contributed by atoms with E-state index in [-0.39, 0.29) is 39.3 Å². The Morgan fingerprint density at radius 3 is 2.64 bits per heavy atom. The lowest BCUT2D eigenvalue weighted by atomic mass is 10.2. The molecule has 2 aromatic heterocycles. The van der Waals surface area contributed by atoms with Crippen LogP contribution in [-0.4, -0.2) is 33.2 Å². The fourth-order valence-electron chi connectivity index (χ4n) is 3.17. The van der Waals surface area contributed by atoms with E-state index >= 15 is 0 Å². The minimum absolute atomic E-state index is 0.0498. The zero-order valence-electron chi connectivity index (χ0n) is 17.2. The molecular formula is C22H16N4O6S. The molecule has 0 fully saturated rings. The van der Waals surface area contributed by atoms with Crippen LogP contribution in [0.5, 0.6) is 0 Å². The Balaban J connectivity index is 1.85. The van der Waals surface area contributed by atoms with Gasteiger partial charge in [0.2, 0.25) is 0 Å². The maximum absolute atomic E-state index is 13.3. The van der Waals surface area contributed by atoms with Crippen LogP contribution in [-0.2, 0) is 4.74 Å². The minimum Gasteiger partial charge on any atom is -0.461 e. The first-order valence-electron chi connectivity index (χ1n) is 9.73. The van der Waals surface area contributed by atoms with Crippen LogP contribution in [0, 0.1) is 10.1 Å². The number of nitrogens with one attached hydrogen (secondary N) is 1. The largest absolute Gasteiger partial charge is 0.461 e. The van der Waals surface area contributed by atoms with Crippen molar-refractivity contribution in [2.45, 2.75) is 6.92 Å². The van der Waals surface area contributed by atoms with Gasteiger partial charge >= 0.3 is 5.97 Å². The van der Waals surface area contributed by atoms with Crippen LogP contribution in [0.2, 0.25) is 0 Å². The summed E-state index contributed by atoms with van der Waals surface area (Å²) in [7, 11) is 0. The molecule has 2 aromatic carbocycles. The predicted molar refractivity (Wildman–Crippen MR) is 122 cm³/mol. The number of hydrogen-bond donors (Lipinski definition) is 1. The van der Waals surface area contributed by atoms with Gasteiger partial charge in [0.25, 0.3) is 17.2 Å². The Bertz CT molecular complexity index is 1440. The Labute approximate surface area is 190 Å². The molecule has 1 N–H and O–H groups in total. The number of para-hydroxylation sites is 1. The number of anilines is 1. The van der Waals surface area contributed by atoms with Crippen molar-refractivity contribution in [3.63, 3.8) is 0 Å². The zero-order chi connectivity index (χ0) is 23.5. The summed E-state index contributed by atoms with van der Waals surface area (Å²) >= 11 is 1.04. The van der Waals surface area contributed by atoms with Gasteiger partial charge in [-0.2, -0.15) is 9.78 Å². The molecule has 1 amide bonds. The van der Waals surface area contributed by atoms with Crippen molar-refractivity contribution in [2.24, 2.45) is 0 Å². The van der Waals surface area contributed by atoms with E-state index in [1.807, 2.05) is 0 Å². The summed E-state index contributed by atoms with van der Waals surface area (Å²) < 4.78 is 6.17. The molecule has 0 saturated carbocycles. The number of nitro groups is 1. The zero-order valence-corrected chi connectivity index (χ0v) is 18.0. The molecule has 10 nitrogen and oxygen atoms in total. The lowest BCUT2D eigenvalue weighted by molar-refractivity contribution is -0.384. The minimum atomic E-state index is -0.707. The number of benzene rings is 2. The van der Waals surface area contributed by atoms with Crippen molar-refractivity contribution >= 4 is 44.7 Å². The van der Waals surface area contributed by atoms with Gasteiger partial charge in [0.1, 0.15) is 5.00 Å². The number of amides is 1. The number of hydrogen-bond acceptors (Lipinski definition) is 8. The maximum Gasteiger partial charge on any atom is 0.359 e. The fourth-order valence-corrected chi connectivity index (χ4v) is 4.10. The second-order valence-corrected chi connectivity index (χ2v) is 7.62. The molecule has 0 unspecified atom stereocenters.